The molecule has 1 aromatic heterocycles. The van der Waals surface area contributed by atoms with Crippen LogP contribution in [0.2, 0.25) is 0 Å². The molecule has 1 fully saturated rings. The highest BCUT2D eigenvalue weighted by atomic mass is 32.2. The molecule has 1 aliphatic rings. The highest BCUT2D eigenvalue weighted by Gasteiger charge is 2.32. The molecule has 0 spiro atoms. The Morgan fingerprint density at radius 3 is 2.34 bits per heavy atom. The van der Waals surface area contributed by atoms with Gasteiger partial charge >= 0.3 is 0 Å². The van der Waals surface area contributed by atoms with Crippen molar-refractivity contribution in [3.8, 4) is 17.2 Å². The van der Waals surface area contributed by atoms with E-state index >= 15 is 0 Å². The molecule has 0 bridgehead atoms. The Bertz CT molecular complexity index is 1150. The van der Waals surface area contributed by atoms with Gasteiger partial charge in [0.1, 0.15) is 28.5 Å². The van der Waals surface area contributed by atoms with Crippen LogP contribution >= 0.6 is 0 Å². The zero-order valence-corrected chi connectivity index (χ0v) is 19.0. The minimum Gasteiger partial charge on any atom is -0.494 e. The van der Waals surface area contributed by atoms with Crippen LogP contribution in [0.1, 0.15) is 42.5 Å². The van der Waals surface area contributed by atoms with Gasteiger partial charge in [0.2, 0.25) is 16.0 Å². The average molecular weight is 459 g/mol. The fourth-order valence-electron chi connectivity index (χ4n) is 3.74. The van der Waals surface area contributed by atoms with Crippen LogP contribution in [-0.2, 0) is 14.8 Å². The molecule has 4 rings (SSSR count). The van der Waals surface area contributed by atoms with Crippen molar-refractivity contribution in [2.45, 2.75) is 31.1 Å². The van der Waals surface area contributed by atoms with E-state index in [0.29, 0.717) is 35.2 Å². The van der Waals surface area contributed by atoms with Crippen molar-refractivity contribution in [1.29, 1.82) is 0 Å². The van der Waals surface area contributed by atoms with Crippen LogP contribution in [-0.4, -0.2) is 44.0 Å². The second kappa shape index (κ2) is 9.17. The third-order valence-corrected chi connectivity index (χ3v) is 7.17. The Balaban J connectivity index is 1.83. The van der Waals surface area contributed by atoms with E-state index in [2.05, 4.69) is 14.9 Å². The van der Waals surface area contributed by atoms with Gasteiger partial charge in [0.15, 0.2) is 5.82 Å². The molecule has 2 aromatic carbocycles. The Hall–Kier alpha value is -3.11. The Kier molecular flexibility index (Phi) is 6.33. The van der Waals surface area contributed by atoms with Crippen molar-refractivity contribution in [2.75, 3.05) is 25.5 Å². The summed E-state index contributed by atoms with van der Waals surface area (Å²) < 4.78 is 47.7. The number of nitrogens with one attached hydrogen (secondary N) is 1. The standard InChI is InChI=1S/C22H26N4O5S/c1-15(16-9-5-4-6-10-16)32(27,28)25-22-24-23-21(19-13-8-14-31-19)26(22)20-17(29-2)11-7-12-18(20)30-3/h4-7,9-12,15,19H,8,13-14H2,1-3H3,(H,24,25)/t15?,19-/m0/s1. The molecule has 2 atom stereocenters. The molecule has 0 saturated carbocycles. The molecule has 3 aromatic rings. The molecule has 0 radical (unpaired) electrons. The van der Waals surface area contributed by atoms with Crippen molar-refractivity contribution < 1.29 is 22.6 Å². The van der Waals surface area contributed by atoms with Crippen LogP contribution in [0, 0.1) is 0 Å². The van der Waals surface area contributed by atoms with Gasteiger partial charge in [0, 0.05) is 6.61 Å². The predicted octanol–water partition coefficient (Wildman–Crippen LogP) is 3.64. The number of hydrogen-bond donors (Lipinski definition) is 1. The van der Waals surface area contributed by atoms with Gasteiger partial charge in [-0.15, -0.1) is 10.2 Å². The second-order valence-corrected chi connectivity index (χ2v) is 9.43. The minimum atomic E-state index is -3.84. The quantitative estimate of drug-likeness (QED) is 0.549. The Labute approximate surface area is 187 Å². The molecule has 1 aliphatic heterocycles. The predicted molar refractivity (Wildman–Crippen MR) is 120 cm³/mol. The Morgan fingerprint density at radius 2 is 1.75 bits per heavy atom. The summed E-state index contributed by atoms with van der Waals surface area (Å²) in [4.78, 5) is 0. The van der Waals surface area contributed by atoms with E-state index < -0.39 is 15.3 Å². The molecular formula is C22H26N4O5S. The summed E-state index contributed by atoms with van der Waals surface area (Å²) in [5.74, 6) is 1.50. The van der Waals surface area contributed by atoms with Crippen LogP contribution in [0.15, 0.2) is 48.5 Å². The number of rotatable bonds is 8. The maximum Gasteiger partial charge on any atom is 0.243 e. The highest BCUT2D eigenvalue weighted by Crippen LogP contribution is 2.39. The first-order valence-electron chi connectivity index (χ1n) is 10.3. The number of methoxy groups -OCH3 is 2. The number of anilines is 1. The summed E-state index contributed by atoms with van der Waals surface area (Å²) in [7, 11) is -0.767. The largest absolute Gasteiger partial charge is 0.494 e. The van der Waals surface area contributed by atoms with E-state index in [1.165, 1.54) is 14.2 Å². The number of hydrogen-bond acceptors (Lipinski definition) is 7. The fraction of sp³-hybridized carbons (Fsp3) is 0.364. The second-order valence-electron chi connectivity index (χ2n) is 7.43. The van der Waals surface area contributed by atoms with Gasteiger partial charge in [0.05, 0.1) is 14.2 Å². The number of nitrogens with zero attached hydrogens (tertiary/aromatic N) is 3. The summed E-state index contributed by atoms with van der Waals surface area (Å²) in [5.41, 5.74) is 1.17. The van der Waals surface area contributed by atoms with Crippen LogP contribution < -0.4 is 14.2 Å². The van der Waals surface area contributed by atoms with E-state index in [9.17, 15) is 8.42 Å². The van der Waals surface area contributed by atoms with Gasteiger partial charge in [-0.3, -0.25) is 9.29 Å². The van der Waals surface area contributed by atoms with Gasteiger partial charge in [0.25, 0.3) is 0 Å². The lowest BCUT2D eigenvalue weighted by atomic mass is 10.2. The monoisotopic (exact) mass is 458 g/mol. The lowest BCUT2D eigenvalue weighted by Gasteiger charge is -2.20. The molecular weight excluding hydrogens is 432 g/mol. The topological polar surface area (TPSA) is 105 Å². The van der Waals surface area contributed by atoms with Crippen molar-refractivity contribution in [2.24, 2.45) is 0 Å². The minimum absolute atomic E-state index is 0.0427. The van der Waals surface area contributed by atoms with Crippen molar-refractivity contribution in [3.63, 3.8) is 0 Å². The zero-order chi connectivity index (χ0) is 22.7. The molecule has 0 aliphatic carbocycles. The van der Waals surface area contributed by atoms with Crippen molar-refractivity contribution in [3.05, 3.63) is 59.9 Å². The van der Waals surface area contributed by atoms with Crippen molar-refractivity contribution >= 4 is 16.0 Å². The number of benzene rings is 2. The lowest BCUT2D eigenvalue weighted by Crippen LogP contribution is -2.22. The van der Waals surface area contributed by atoms with E-state index in [4.69, 9.17) is 14.2 Å². The van der Waals surface area contributed by atoms with Gasteiger partial charge in [-0.1, -0.05) is 36.4 Å². The SMILES string of the molecule is COc1cccc(OC)c1-n1c(NS(=O)(=O)C(C)c2ccccc2)nnc1[C@@H]1CCCO1. The van der Waals surface area contributed by atoms with Crippen LogP contribution in [0.25, 0.3) is 5.69 Å². The smallest absolute Gasteiger partial charge is 0.243 e. The highest BCUT2D eigenvalue weighted by molar-refractivity contribution is 7.92. The molecule has 9 nitrogen and oxygen atoms in total. The van der Waals surface area contributed by atoms with Crippen molar-refractivity contribution in [1.82, 2.24) is 14.8 Å². The number of ether oxygens (including phenoxy) is 3. The molecule has 0 amide bonds. The Morgan fingerprint density at radius 1 is 1.06 bits per heavy atom. The maximum absolute atomic E-state index is 13.2. The first-order chi connectivity index (χ1) is 15.5. The van der Waals surface area contributed by atoms with Crippen LogP contribution in [0.3, 0.4) is 0 Å². The first-order valence-corrected chi connectivity index (χ1v) is 11.9. The molecule has 10 heteroatoms. The number of aromatic nitrogens is 3. The lowest BCUT2D eigenvalue weighted by molar-refractivity contribution is 0.103. The van der Waals surface area contributed by atoms with E-state index in [1.54, 1.807) is 54.0 Å². The van der Waals surface area contributed by atoms with Gasteiger partial charge in [-0.05, 0) is 37.5 Å². The van der Waals surface area contributed by atoms with Gasteiger partial charge < -0.3 is 14.2 Å². The molecule has 1 unspecified atom stereocenters. The number of sulfonamides is 1. The average Bonchev–Trinajstić information content (AvgIpc) is 3.48. The molecule has 32 heavy (non-hydrogen) atoms. The molecule has 170 valence electrons. The van der Waals surface area contributed by atoms with E-state index in [-0.39, 0.29) is 12.1 Å². The molecule has 1 saturated heterocycles. The third kappa shape index (κ3) is 4.15. The fourth-order valence-corrected chi connectivity index (χ4v) is 4.82. The van der Waals surface area contributed by atoms with Gasteiger partial charge in [-0.25, -0.2) is 8.42 Å². The number of para-hydroxylation sites is 1. The zero-order valence-electron chi connectivity index (χ0n) is 18.2. The van der Waals surface area contributed by atoms with Crippen LogP contribution in [0.5, 0.6) is 11.5 Å². The summed E-state index contributed by atoms with van der Waals surface area (Å²) in [6, 6.07) is 14.3. The van der Waals surface area contributed by atoms with E-state index in [0.717, 1.165) is 12.8 Å². The van der Waals surface area contributed by atoms with E-state index in [1.807, 2.05) is 6.07 Å². The summed E-state index contributed by atoms with van der Waals surface area (Å²) in [6.07, 6.45) is 1.32. The molecule has 2 heterocycles. The summed E-state index contributed by atoms with van der Waals surface area (Å²) in [5, 5.41) is 7.67. The maximum atomic E-state index is 13.2. The van der Waals surface area contributed by atoms with Crippen LogP contribution in [0.4, 0.5) is 5.95 Å². The molecule has 1 N–H and O–H groups in total. The summed E-state index contributed by atoms with van der Waals surface area (Å²) in [6.45, 7) is 2.23. The third-order valence-electron chi connectivity index (χ3n) is 5.50. The summed E-state index contributed by atoms with van der Waals surface area (Å²) >= 11 is 0. The van der Waals surface area contributed by atoms with Gasteiger partial charge in [-0.2, -0.15) is 0 Å². The normalized spacial score (nSPS) is 17.2. The first kappa shape index (κ1) is 22.1.